The molecule has 1 unspecified atom stereocenters. The molecule has 2 heterocycles. The van der Waals surface area contributed by atoms with Crippen molar-refractivity contribution in [3.8, 4) is 0 Å². The fourth-order valence-corrected chi connectivity index (χ4v) is 2.87. The molecule has 1 aliphatic rings. The Morgan fingerprint density at radius 2 is 1.75 bits per heavy atom. The first-order valence-corrected chi connectivity index (χ1v) is 8.11. The van der Waals surface area contributed by atoms with Gasteiger partial charge in [-0.3, -0.25) is 5.10 Å². The third-order valence-corrected chi connectivity index (χ3v) is 4.21. The normalized spacial score (nSPS) is 16.1. The standard InChI is InChI=1S/C17H13Cl2N5/c18-11-3-1-10(2-4-11)16-21-14-9-12(19)5-6-13(14)17(23-16)22-15-7-8-20-24-15/h1-9,16,21H,(H2,20,22,23,24). The second-order valence-corrected chi connectivity index (χ2v) is 6.23. The van der Waals surface area contributed by atoms with Crippen LogP contribution in [0.1, 0.15) is 17.3 Å². The predicted octanol–water partition coefficient (Wildman–Crippen LogP) is 4.70. The number of amidine groups is 1. The van der Waals surface area contributed by atoms with Gasteiger partial charge in [0.15, 0.2) is 0 Å². The smallest absolute Gasteiger partial charge is 0.147 e. The van der Waals surface area contributed by atoms with E-state index in [9.17, 15) is 0 Å². The van der Waals surface area contributed by atoms with Crippen LogP contribution >= 0.6 is 23.2 Å². The number of aromatic amines is 1. The molecule has 0 fully saturated rings. The van der Waals surface area contributed by atoms with Crippen LogP contribution in [0, 0.1) is 0 Å². The Hall–Kier alpha value is -2.50. The molecule has 0 radical (unpaired) electrons. The van der Waals surface area contributed by atoms with Crippen molar-refractivity contribution in [3.05, 3.63) is 75.9 Å². The first-order valence-electron chi connectivity index (χ1n) is 7.35. The summed E-state index contributed by atoms with van der Waals surface area (Å²) in [5.41, 5.74) is 2.87. The Bertz CT molecular complexity index is 888. The van der Waals surface area contributed by atoms with Crippen molar-refractivity contribution in [2.24, 2.45) is 4.99 Å². The lowest BCUT2D eigenvalue weighted by atomic mass is 10.1. The van der Waals surface area contributed by atoms with Crippen LogP contribution in [0.4, 0.5) is 11.5 Å². The zero-order valence-electron chi connectivity index (χ0n) is 12.4. The van der Waals surface area contributed by atoms with Crippen LogP contribution in [0.2, 0.25) is 10.0 Å². The number of hydrogen-bond acceptors (Lipinski definition) is 4. The molecule has 1 aromatic heterocycles. The summed E-state index contributed by atoms with van der Waals surface area (Å²) in [6.45, 7) is 0. The van der Waals surface area contributed by atoms with Crippen LogP contribution in [-0.4, -0.2) is 16.0 Å². The van der Waals surface area contributed by atoms with Crippen LogP contribution in [0.5, 0.6) is 0 Å². The molecular weight excluding hydrogens is 345 g/mol. The van der Waals surface area contributed by atoms with Crippen LogP contribution in [0.25, 0.3) is 0 Å². The van der Waals surface area contributed by atoms with E-state index in [1.165, 1.54) is 0 Å². The molecule has 2 aromatic carbocycles. The van der Waals surface area contributed by atoms with E-state index in [4.69, 9.17) is 28.2 Å². The Morgan fingerprint density at radius 1 is 0.958 bits per heavy atom. The summed E-state index contributed by atoms with van der Waals surface area (Å²) >= 11 is 12.1. The first-order chi connectivity index (χ1) is 11.7. The van der Waals surface area contributed by atoms with E-state index in [1.807, 2.05) is 48.5 Å². The molecule has 0 saturated carbocycles. The Labute approximate surface area is 148 Å². The lowest BCUT2D eigenvalue weighted by Gasteiger charge is -2.26. The summed E-state index contributed by atoms with van der Waals surface area (Å²) in [7, 11) is 0. The van der Waals surface area contributed by atoms with Gasteiger partial charge in [0.1, 0.15) is 17.8 Å². The van der Waals surface area contributed by atoms with E-state index in [-0.39, 0.29) is 6.17 Å². The number of aromatic nitrogens is 2. The molecular formula is C17H13Cl2N5. The van der Waals surface area contributed by atoms with E-state index in [0.717, 1.165) is 28.5 Å². The van der Waals surface area contributed by atoms with Crippen molar-refractivity contribution in [3.63, 3.8) is 0 Å². The van der Waals surface area contributed by atoms with E-state index >= 15 is 0 Å². The minimum atomic E-state index is -0.237. The third kappa shape index (κ3) is 2.96. The van der Waals surface area contributed by atoms with Crippen molar-refractivity contribution in [1.82, 2.24) is 10.2 Å². The summed E-state index contributed by atoms with van der Waals surface area (Å²) in [5.74, 6) is 1.51. The van der Waals surface area contributed by atoms with E-state index in [1.54, 1.807) is 6.20 Å². The zero-order chi connectivity index (χ0) is 16.5. The summed E-state index contributed by atoms with van der Waals surface area (Å²) < 4.78 is 0. The average Bonchev–Trinajstić information content (AvgIpc) is 3.08. The zero-order valence-corrected chi connectivity index (χ0v) is 13.9. The van der Waals surface area contributed by atoms with Crippen molar-refractivity contribution in [2.75, 3.05) is 10.6 Å². The van der Waals surface area contributed by atoms with Gasteiger partial charge in [-0.05, 0) is 35.9 Å². The van der Waals surface area contributed by atoms with E-state index in [0.29, 0.717) is 10.0 Å². The maximum atomic E-state index is 6.15. The van der Waals surface area contributed by atoms with Crippen molar-refractivity contribution in [2.45, 2.75) is 6.17 Å². The number of H-pyrrole nitrogens is 1. The summed E-state index contributed by atoms with van der Waals surface area (Å²) in [6.07, 6.45) is 1.45. The lowest BCUT2D eigenvalue weighted by molar-refractivity contribution is 0.827. The number of anilines is 2. The average molecular weight is 358 g/mol. The topological polar surface area (TPSA) is 65.1 Å². The summed E-state index contributed by atoms with van der Waals surface area (Å²) in [4.78, 5) is 4.79. The predicted molar refractivity (Wildman–Crippen MR) is 98.0 cm³/mol. The molecule has 1 atom stereocenters. The maximum Gasteiger partial charge on any atom is 0.147 e. The molecule has 4 rings (SSSR count). The first kappa shape index (κ1) is 15.1. The van der Waals surface area contributed by atoms with Crippen LogP contribution in [-0.2, 0) is 0 Å². The highest BCUT2D eigenvalue weighted by atomic mass is 35.5. The molecule has 0 amide bonds. The van der Waals surface area contributed by atoms with Gasteiger partial charge in [0.2, 0.25) is 0 Å². The van der Waals surface area contributed by atoms with E-state index in [2.05, 4.69) is 20.8 Å². The van der Waals surface area contributed by atoms with Gasteiger partial charge in [0.05, 0.1) is 6.20 Å². The number of halogens is 2. The SMILES string of the molecule is Clc1ccc(C2N=C(Nc3ccn[nH]3)c3ccc(Cl)cc3N2)cc1. The van der Waals surface area contributed by atoms with Gasteiger partial charge in [-0.2, -0.15) is 5.10 Å². The lowest BCUT2D eigenvalue weighted by Crippen LogP contribution is -2.25. The number of rotatable bonds is 2. The molecule has 24 heavy (non-hydrogen) atoms. The van der Waals surface area contributed by atoms with Crippen LogP contribution in [0.15, 0.2) is 59.7 Å². The van der Waals surface area contributed by atoms with Gasteiger partial charge in [-0.25, -0.2) is 4.99 Å². The van der Waals surface area contributed by atoms with Crippen molar-refractivity contribution >= 4 is 40.5 Å². The van der Waals surface area contributed by atoms with Crippen LogP contribution in [0.3, 0.4) is 0 Å². The Balaban J connectivity index is 1.75. The Morgan fingerprint density at radius 3 is 2.50 bits per heavy atom. The quantitative estimate of drug-likeness (QED) is 0.622. The largest absolute Gasteiger partial charge is 0.359 e. The number of nitrogens with one attached hydrogen (secondary N) is 3. The summed E-state index contributed by atoms with van der Waals surface area (Å²) in [6, 6.07) is 15.1. The minimum Gasteiger partial charge on any atom is -0.359 e. The summed E-state index contributed by atoms with van der Waals surface area (Å²) in [5, 5.41) is 14.9. The second kappa shape index (κ2) is 6.19. The molecule has 3 aromatic rings. The molecule has 0 bridgehead atoms. The fraction of sp³-hybridized carbons (Fsp3) is 0.0588. The van der Waals surface area contributed by atoms with E-state index < -0.39 is 0 Å². The van der Waals surface area contributed by atoms with Crippen molar-refractivity contribution < 1.29 is 0 Å². The van der Waals surface area contributed by atoms with Gasteiger partial charge in [-0.1, -0.05) is 35.3 Å². The van der Waals surface area contributed by atoms with Crippen LogP contribution < -0.4 is 10.6 Å². The number of fused-ring (bicyclic) bond motifs is 1. The monoisotopic (exact) mass is 357 g/mol. The maximum absolute atomic E-state index is 6.15. The third-order valence-electron chi connectivity index (χ3n) is 3.73. The van der Waals surface area contributed by atoms with Gasteiger partial charge in [0.25, 0.3) is 0 Å². The molecule has 3 N–H and O–H groups in total. The van der Waals surface area contributed by atoms with Gasteiger partial charge >= 0.3 is 0 Å². The number of benzene rings is 2. The van der Waals surface area contributed by atoms with Gasteiger partial charge in [0, 0.05) is 27.4 Å². The number of aliphatic imine (C=N–C) groups is 1. The number of nitrogens with zero attached hydrogens (tertiary/aromatic N) is 2. The highest BCUT2D eigenvalue weighted by Crippen LogP contribution is 2.32. The molecule has 0 aliphatic carbocycles. The molecule has 0 saturated heterocycles. The molecule has 1 aliphatic heterocycles. The van der Waals surface area contributed by atoms with Gasteiger partial charge < -0.3 is 10.6 Å². The highest BCUT2D eigenvalue weighted by molar-refractivity contribution is 6.31. The van der Waals surface area contributed by atoms with Gasteiger partial charge in [-0.15, -0.1) is 0 Å². The minimum absolute atomic E-state index is 0.237. The molecule has 120 valence electrons. The second-order valence-electron chi connectivity index (χ2n) is 5.36. The molecule has 5 nitrogen and oxygen atoms in total. The Kier molecular flexibility index (Phi) is 3.88. The van der Waals surface area contributed by atoms with Crippen molar-refractivity contribution in [1.29, 1.82) is 0 Å². The fourth-order valence-electron chi connectivity index (χ4n) is 2.58. The highest BCUT2D eigenvalue weighted by Gasteiger charge is 2.22. The molecule has 7 heteroatoms. The molecule has 0 spiro atoms. The number of hydrogen-bond donors (Lipinski definition) is 3.